The summed E-state index contributed by atoms with van der Waals surface area (Å²) in [6, 6.07) is 3.61. The first-order valence-corrected chi connectivity index (χ1v) is 8.46. The van der Waals surface area contributed by atoms with Gasteiger partial charge in [-0.25, -0.2) is 0 Å². The number of nitrogens with zero attached hydrogens (tertiary/aromatic N) is 2. The van der Waals surface area contributed by atoms with E-state index >= 15 is 0 Å². The van der Waals surface area contributed by atoms with E-state index in [4.69, 9.17) is 0 Å². The van der Waals surface area contributed by atoms with Crippen molar-refractivity contribution in [3.8, 4) is 0 Å². The molecule has 130 valence electrons. The second kappa shape index (κ2) is 7.60. The molecule has 0 aromatic carbocycles. The molecule has 1 N–H and O–H groups in total. The lowest BCUT2D eigenvalue weighted by Crippen LogP contribution is -2.46. The zero-order chi connectivity index (χ0) is 17.7. The van der Waals surface area contributed by atoms with Crippen LogP contribution in [0.4, 0.5) is 0 Å². The van der Waals surface area contributed by atoms with Crippen LogP contribution in [-0.2, 0) is 4.79 Å². The second-order valence-electron chi connectivity index (χ2n) is 7.39. The third-order valence-corrected chi connectivity index (χ3v) is 4.59. The number of amides is 2. The van der Waals surface area contributed by atoms with E-state index in [0.717, 1.165) is 18.4 Å². The number of allylic oxidation sites excluding steroid dienone is 1. The average Bonchev–Trinajstić information content (AvgIpc) is 2.55. The monoisotopic (exact) mass is 329 g/mol. The van der Waals surface area contributed by atoms with Crippen LogP contribution in [0.5, 0.6) is 0 Å². The Morgan fingerprint density at radius 3 is 2.50 bits per heavy atom. The number of rotatable bonds is 3. The smallest absolute Gasteiger partial charge is 0.253 e. The fourth-order valence-electron chi connectivity index (χ4n) is 2.50. The molecule has 1 saturated heterocycles. The lowest BCUT2D eigenvalue weighted by Gasteiger charge is -2.32. The van der Waals surface area contributed by atoms with E-state index < -0.39 is 0 Å². The van der Waals surface area contributed by atoms with Gasteiger partial charge in [-0.05, 0) is 37.3 Å². The summed E-state index contributed by atoms with van der Waals surface area (Å²) in [6.45, 7) is 9.65. The molecule has 0 aliphatic carbocycles. The minimum absolute atomic E-state index is 0.00563. The largest absolute Gasteiger partial charge is 0.349 e. The average molecular weight is 329 g/mol. The predicted molar refractivity (Wildman–Crippen MR) is 94.5 cm³/mol. The fourth-order valence-corrected chi connectivity index (χ4v) is 2.50. The molecule has 1 fully saturated rings. The van der Waals surface area contributed by atoms with E-state index in [1.54, 1.807) is 30.6 Å². The lowest BCUT2D eigenvalue weighted by molar-refractivity contribution is -0.127. The molecule has 24 heavy (non-hydrogen) atoms. The van der Waals surface area contributed by atoms with Gasteiger partial charge in [0.05, 0.1) is 5.56 Å². The van der Waals surface area contributed by atoms with Gasteiger partial charge in [0.2, 0.25) is 5.91 Å². The second-order valence-corrected chi connectivity index (χ2v) is 7.39. The van der Waals surface area contributed by atoms with Gasteiger partial charge in [-0.15, -0.1) is 0 Å². The lowest BCUT2D eigenvalue weighted by atomic mass is 9.87. The van der Waals surface area contributed by atoms with Gasteiger partial charge >= 0.3 is 0 Å². The van der Waals surface area contributed by atoms with Gasteiger partial charge < -0.3 is 10.2 Å². The molecule has 5 nitrogen and oxygen atoms in total. The summed E-state index contributed by atoms with van der Waals surface area (Å²) in [6.07, 6.45) is 6.51. The van der Waals surface area contributed by atoms with Gasteiger partial charge in [0.1, 0.15) is 0 Å². The number of piperidine rings is 1. The minimum atomic E-state index is -0.101. The third kappa shape index (κ3) is 4.91. The number of likely N-dealkylation sites (tertiary alicyclic amines) is 1. The normalized spacial score (nSPS) is 16.8. The molecule has 5 heteroatoms. The van der Waals surface area contributed by atoms with Crippen molar-refractivity contribution in [3.05, 3.63) is 41.7 Å². The maximum Gasteiger partial charge on any atom is 0.253 e. The molecule has 0 spiro atoms. The number of carbonyl (C=O) groups excluding carboxylic acids is 2. The van der Waals surface area contributed by atoms with Gasteiger partial charge in [-0.2, -0.15) is 0 Å². The number of carbonyl (C=O) groups is 2. The van der Waals surface area contributed by atoms with Gasteiger partial charge in [-0.1, -0.05) is 26.3 Å². The van der Waals surface area contributed by atoms with Gasteiger partial charge in [-0.3, -0.25) is 14.6 Å². The van der Waals surface area contributed by atoms with Crippen LogP contribution in [0.3, 0.4) is 0 Å². The van der Waals surface area contributed by atoms with Crippen molar-refractivity contribution >= 4 is 11.8 Å². The maximum absolute atomic E-state index is 12.4. The van der Waals surface area contributed by atoms with Crippen molar-refractivity contribution in [2.75, 3.05) is 13.1 Å². The van der Waals surface area contributed by atoms with Crippen LogP contribution in [-0.4, -0.2) is 40.8 Å². The molecule has 1 aromatic heterocycles. The maximum atomic E-state index is 12.4. The van der Waals surface area contributed by atoms with Gasteiger partial charge in [0.25, 0.3) is 5.91 Å². The first-order chi connectivity index (χ1) is 11.3. The molecular weight excluding hydrogens is 302 g/mol. The van der Waals surface area contributed by atoms with Crippen molar-refractivity contribution < 1.29 is 9.59 Å². The first-order valence-electron chi connectivity index (χ1n) is 8.46. The molecular formula is C19H27N3O2. The zero-order valence-corrected chi connectivity index (χ0v) is 15.0. The van der Waals surface area contributed by atoms with E-state index in [1.807, 2.05) is 11.8 Å². The summed E-state index contributed by atoms with van der Waals surface area (Å²) < 4.78 is 0. The van der Waals surface area contributed by atoms with E-state index in [2.05, 4.69) is 31.1 Å². The Morgan fingerprint density at radius 2 is 1.96 bits per heavy atom. The summed E-state index contributed by atoms with van der Waals surface area (Å²) in [5.41, 5.74) is 1.66. The van der Waals surface area contributed by atoms with Crippen molar-refractivity contribution in [2.45, 2.75) is 46.6 Å². The Morgan fingerprint density at radius 1 is 1.29 bits per heavy atom. The fraction of sp³-hybridized carbons (Fsp3) is 0.526. The van der Waals surface area contributed by atoms with Crippen LogP contribution in [0.1, 0.15) is 50.9 Å². The van der Waals surface area contributed by atoms with Gasteiger partial charge in [0.15, 0.2) is 0 Å². The summed E-state index contributed by atoms with van der Waals surface area (Å²) >= 11 is 0. The predicted octanol–water partition coefficient (Wildman–Crippen LogP) is 2.79. The van der Waals surface area contributed by atoms with Crippen LogP contribution >= 0.6 is 0 Å². The highest BCUT2D eigenvalue weighted by Crippen LogP contribution is 2.24. The van der Waals surface area contributed by atoms with Crippen molar-refractivity contribution in [1.82, 2.24) is 15.2 Å². The molecule has 0 radical (unpaired) electrons. The first kappa shape index (κ1) is 18.2. The van der Waals surface area contributed by atoms with Crippen molar-refractivity contribution in [3.63, 3.8) is 0 Å². The van der Waals surface area contributed by atoms with Crippen LogP contribution in [0.15, 0.2) is 36.2 Å². The number of hydrogen-bond donors (Lipinski definition) is 1. The Kier molecular flexibility index (Phi) is 5.75. The molecule has 1 aromatic rings. The highest BCUT2D eigenvalue weighted by Gasteiger charge is 2.24. The summed E-state index contributed by atoms with van der Waals surface area (Å²) in [4.78, 5) is 30.3. The summed E-state index contributed by atoms with van der Waals surface area (Å²) in [5.74, 6) is -0.0317. The van der Waals surface area contributed by atoms with Crippen LogP contribution < -0.4 is 5.32 Å². The number of hydrogen-bond acceptors (Lipinski definition) is 3. The molecule has 0 saturated carbocycles. The summed E-state index contributed by atoms with van der Waals surface area (Å²) in [7, 11) is 0. The Hall–Kier alpha value is -2.17. The molecule has 0 bridgehead atoms. The molecule has 2 rings (SSSR count). The third-order valence-electron chi connectivity index (χ3n) is 4.59. The standard InChI is InChI=1S/C19H27N3O2/c1-14(19(2,3)4)12-17(23)22-10-7-16(8-11-22)21-18(24)15-6-5-9-20-13-15/h5-6,9,12-13,16H,7-8,10-11H2,1-4H3,(H,21,24)/b14-12+. The molecule has 2 amide bonds. The van der Waals surface area contributed by atoms with Crippen molar-refractivity contribution in [2.24, 2.45) is 5.41 Å². The molecule has 1 aliphatic heterocycles. The minimum Gasteiger partial charge on any atom is -0.349 e. The quantitative estimate of drug-likeness (QED) is 0.867. The Balaban J connectivity index is 1.85. The summed E-state index contributed by atoms with van der Waals surface area (Å²) in [5, 5.41) is 3.03. The Labute approximate surface area is 144 Å². The van der Waals surface area contributed by atoms with E-state index in [9.17, 15) is 9.59 Å². The van der Waals surface area contributed by atoms with E-state index in [-0.39, 0.29) is 23.3 Å². The topological polar surface area (TPSA) is 62.3 Å². The SMILES string of the molecule is C/C(=C\C(=O)N1CCC(NC(=O)c2cccnc2)CC1)C(C)(C)C. The number of aromatic nitrogens is 1. The number of pyridine rings is 1. The number of nitrogens with one attached hydrogen (secondary N) is 1. The van der Waals surface area contributed by atoms with Crippen LogP contribution in [0.2, 0.25) is 0 Å². The van der Waals surface area contributed by atoms with Gasteiger partial charge in [0, 0.05) is 37.6 Å². The highest BCUT2D eigenvalue weighted by molar-refractivity contribution is 5.94. The zero-order valence-electron chi connectivity index (χ0n) is 15.0. The highest BCUT2D eigenvalue weighted by atomic mass is 16.2. The van der Waals surface area contributed by atoms with Crippen molar-refractivity contribution in [1.29, 1.82) is 0 Å². The van der Waals surface area contributed by atoms with E-state index in [1.165, 1.54) is 0 Å². The van der Waals surface area contributed by atoms with Crippen LogP contribution in [0.25, 0.3) is 0 Å². The Bertz CT molecular complexity index is 609. The van der Waals surface area contributed by atoms with E-state index in [0.29, 0.717) is 18.7 Å². The molecule has 2 heterocycles. The molecule has 0 unspecified atom stereocenters. The molecule has 0 atom stereocenters. The van der Waals surface area contributed by atoms with Crippen LogP contribution in [0, 0.1) is 5.41 Å². The molecule has 1 aliphatic rings.